The van der Waals surface area contributed by atoms with Gasteiger partial charge in [0, 0.05) is 35.6 Å². The molecule has 0 saturated carbocycles. The van der Waals surface area contributed by atoms with Crippen LogP contribution in [0, 0.1) is 6.92 Å². The van der Waals surface area contributed by atoms with Crippen molar-refractivity contribution >= 4 is 27.9 Å². The second kappa shape index (κ2) is 3.93. The molecule has 4 rings (SSSR count). The Morgan fingerprint density at radius 3 is 3.05 bits per heavy atom. The van der Waals surface area contributed by atoms with Crippen molar-refractivity contribution in [1.82, 2.24) is 9.38 Å². The molecule has 0 spiro atoms. The van der Waals surface area contributed by atoms with Gasteiger partial charge in [-0.05, 0) is 24.6 Å². The molecule has 0 saturated heterocycles. The number of carbonyl (C=O) groups is 1. The Bertz CT molecular complexity index is 846. The van der Waals surface area contributed by atoms with E-state index in [2.05, 4.69) is 28.4 Å². The standard InChI is InChI=1S/C15H13N3OS/c1-9-14(18-6-5-16-15(18)20-9)10-3-4-12-11(7-10)8-13(19)17(12)2/h3-7H,8H2,1-2H3. The fourth-order valence-corrected chi connectivity index (χ4v) is 3.80. The van der Waals surface area contributed by atoms with Crippen LogP contribution in [0.1, 0.15) is 10.4 Å². The lowest BCUT2D eigenvalue weighted by molar-refractivity contribution is -0.117. The van der Waals surface area contributed by atoms with Gasteiger partial charge < -0.3 is 4.90 Å². The number of likely N-dealkylation sites (N-methyl/N-ethyl adjacent to an activating group) is 1. The maximum Gasteiger partial charge on any atom is 0.231 e. The molecule has 0 aliphatic carbocycles. The monoisotopic (exact) mass is 283 g/mol. The fraction of sp³-hybridized carbons (Fsp3) is 0.200. The van der Waals surface area contributed by atoms with Crippen molar-refractivity contribution in [3.8, 4) is 11.3 Å². The van der Waals surface area contributed by atoms with Crippen LogP contribution in [-0.4, -0.2) is 22.3 Å². The summed E-state index contributed by atoms with van der Waals surface area (Å²) in [5.41, 5.74) is 4.45. The van der Waals surface area contributed by atoms with Crippen molar-refractivity contribution in [1.29, 1.82) is 0 Å². The number of nitrogens with zero attached hydrogens (tertiary/aromatic N) is 3. The number of anilines is 1. The van der Waals surface area contributed by atoms with Crippen LogP contribution in [0.3, 0.4) is 0 Å². The predicted molar refractivity (Wildman–Crippen MR) is 80.4 cm³/mol. The summed E-state index contributed by atoms with van der Waals surface area (Å²) in [4.78, 5) is 20.1. The fourth-order valence-electron chi connectivity index (χ4n) is 2.85. The van der Waals surface area contributed by atoms with Gasteiger partial charge in [-0.25, -0.2) is 4.98 Å². The minimum atomic E-state index is 0.159. The number of hydrogen-bond acceptors (Lipinski definition) is 3. The Kier molecular flexibility index (Phi) is 2.29. The summed E-state index contributed by atoms with van der Waals surface area (Å²) in [6.07, 6.45) is 4.30. The van der Waals surface area contributed by atoms with Gasteiger partial charge in [-0.1, -0.05) is 6.07 Å². The first-order valence-electron chi connectivity index (χ1n) is 6.47. The van der Waals surface area contributed by atoms with Crippen LogP contribution >= 0.6 is 11.3 Å². The number of carbonyl (C=O) groups excluding carboxylic acids is 1. The Hall–Kier alpha value is -2.14. The topological polar surface area (TPSA) is 37.6 Å². The maximum atomic E-state index is 11.8. The zero-order valence-electron chi connectivity index (χ0n) is 11.3. The molecule has 100 valence electrons. The molecular formula is C15H13N3OS. The molecule has 2 aromatic heterocycles. The molecule has 3 aromatic rings. The molecular weight excluding hydrogens is 270 g/mol. The van der Waals surface area contributed by atoms with Crippen molar-refractivity contribution in [2.24, 2.45) is 0 Å². The van der Waals surface area contributed by atoms with Gasteiger partial charge in [0.15, 0.2) is 4.96 Å². The highest BCUT2D eigenvalue weighted by Crippen LogP contribution is 2.35. The van der Waals surface area contributed by atoms with Crippen molar-refractivity contribution in [3.05, 3.63) is 41.0 Å². The number of fused-ring (bicyclic) bond motifs is 2. The second-order valence-electron chi connectivity index (χ2n) is 5.06. The number of imidazole rings is 1. The van der Waals surface area contributed by atoms with Crippen molar-refractivity contribution in [2.45, 2.75) is 13.3 Å². The van der Waals surface area contributed by atoms with Gasteiger partial charge in [0.1, 0.15) is 0 Å². The number of hydrogen-bond donors (Lipinski definition) is 0. The van der Waals surface area contributed by atoms with E-state index in [4.69, 9.17) is 0 Å². The number of aryl methyl sites for hydroxylation is 1. The van der Waals surface area contributed by atoms with E-state index in [1.54, 1.807) is 16.2 Å². The highest BCUT2D eigenvalue weighted by Gasteiger charge is 2.24. The SMILES string of the molecule is Cc1sc2nccn2c1-c1ccc2c(c1)CC(=O)N2C. The van der Waals surface area contributed by atoms with E-state index in [0.717, 1.165) is 21.8 Å². The van der Waals surface area contributed by atoms with Crippen LogP contribution in [0.4, 0.5) is 5.69 Å². The zero-order chi connectivity index (χ0) is 13.9. The first kappa shape index (κ1) is 11.7. The summed E-state index contributed by atoms with van der Waals surface area (Å²) in [6.45, 7) is 2.11. The van der Waals surface area contributed by atoms with Gasteiger partial charge in [-0.15, -0.1) is 11.3 Å². The molecule has 0 atom stereocenters. The van der Waals surface area contributed by atoms with E-state index >= 15 is 0 Å². The molecule has 1 aromatic carbocycles. The first-order valence-corrected chi connectivity index (χ1v) is 7.29. The maximum absolute atomic E-state index is 11.8. The molecule has 1 amide bonds. The molecule has 0 N–H and O–H groups in total. The van der Waals surface area contributed by atoms with Crippen molar-refractivity contribution < 1.29 is 4.79 Å². The second-order valence-corrected chi connectivity index (χ2v) is 6.24. The van der Waals surface area contributed by atoms with E-state index in [0.29, 0.717) is 6.42 Å². The van der Waals surface area contributed by atoms with E-state index in [9.17, 15) is 4.79 Å². The summed E-state index contributed by atoms with van der Waals surface area (Å²) >= 11 is 1.69. The third-order valence-corrected chi connectivity index (χ3v) is 4.84. The summed E-state index contributed by atoms with van der Waals surface area (Å²) in [5.74, 6) is 0.159. The molecule has 4 nitrogen and oxygen atoms in total. The number of rotatable bonds is 1. The quantitative estimate of drug-likeness (QED) is 0.688. The normalized spacial score (nSPS) is 14.3. The Balaban J connectivity index is 1.92. The van der Waals surface area contributed by atoms with E-state index in [-0.39, 0.29) is 5.91 Å². The van der Waals surface area contributed by atoms with Crippen molar-refractivity contribution in [2.75, 3.05) is 11.9 Å². The molecule has 0 radical (unpaired) electrons. The largest absolute Gasteiger partial charge is 0.315 e. The van der Waals surface area contributed by atoms with E-state index in [1.807, 2.05) is 25.5 Å². The highest BCUT2D eigenvalue weighted by atomic mass is 32.1. The summed E-state index contributed by atoms with van der Waals surface area (Å²) in [5, 5.41) is 0. The molecule has 1 aliphatic rings. The number of amides is 1. The smallest absolute Gasteiger partial charge is 0.231 e. The lowest BCUT2D eigenvalue weighted by Gasteiger charge is -2.10. The average Bonchev–Trinajstić information content (AvgIpc) is 3.04. The lowest BCUT2D eigenvalue weighted by atomic mass is 10.1. The van der Waals surface area contributed by atoms with Gasteiger partial charge in [-0.3, -0.25) is 9.20 Å². The molecule has 0 fully saturated rings. The Labute approximate surface area is 120 Å². The predicted octanol–water partition coefficient (Wildman–Crippen LogP) is 2.89. The number of benzene rings is 1. The van der Waals surface area contributed by atoms with Crippen LogP contribution in [-0.2, 0) is 11.2 Å². The van der Waals surface area contributed by atoms with Gasteiger partial charge in [0.2, 0.25) is 5.91 Å². The van der Waals surface area contributed by atoms with Gasteiger partial charge >= 0.3 is 0 Å². The lowest BCUT2D eigenvalue weighted by Crippen LogP contribution is -2.20. The van der Waals surface area contributed by atoms with Gasteiger partial charge in [0.05, 0.1) is 12.1 Å². The molecule has 0 bridgehead atoms. The van der Waals surface area contributed by atoms with Gasteiger partial charge in [-0.2, -0.15) is 0 Å². The number of thiazole rings is 1. The van der Waals surface area contributed by atoms with Gasteiger partial charge in [0.25, 0.3) is 0 Å². The Morgan fingerprint density at radius 1 is 1.35 bits per heavy atom. The van der Waals surface area contributed by atoms with Crippen LogP contribution in [0.25, 0.3) is 16.2 Å². The van der Waals surface area contributed by atoms with Crippen LogP contribution in [0.2, 0.25) is 0 Å². The van der Waals surface area contributed by atoms with E-state index in [1.165, 1.54) is 10.6 Å². The minimum absolute atomic E-state index is 0.159. The van der Waals surface area contributed by atoms with Crippen LogP contribution < -0.4 is 4.90 Å². The van der Waals surface area contributed by atoms with E-state index < -0.39 is 0 Å². The highest BCUT2D eigenvalue weighted by molar-refractivity contribution is 7.17. The average molecular weight is 283 g/mol. The number of aromatic nitrogens is 2. The van der Waals surface area contributed by atoms with Crippen LogP contribution in [0.5, 0.6) is 0 Å². The third-order valence-electron chi connectivity index (χ3n) is 3.86. The molecule has 0 unspecified atom stereocenters. The molecule has 5 heteroatoms. The Morgan fingerprint density at radius 2 is 2.20 bits per heavy atom. The minimum Gasteiger partial charge on any atom is -0.315 e. The zero-order valence-corrected chi connectivity index (χ0v) is 12.1. The summed E-state index contributed by atoms with van der Waals surface area (Å²) in [7, 11) is 1.83. The third kappa shape index (κ3) is 1.47. The summed E-state index contributed by atoms with van der Waals surface area (Å²) < 4.78 is 2.11. The van der Waals surface area contributed by atoms with Crippen molar-refractivity contribution in [3.63, 3.8) is 0 Å². The molecule has 20 heavy (non-hydrogen) atoms. The first-order chi connectivity index (χ1) is 9.65. The molecule has 1 aliphatic heterocycles. The van der Waals surface area contributed by atoms with Crippen LogP contribution in [0.15, 0.2) is 30.6 Å². The summed E-state index contributed by atoms with van der Waals surface area (Å²) in [6, 6.07) is 6.25. The molecule has 3 heterocycles.